The second kappa shape index (κ2) is 7.99. The van der Waals surface area contributed by atoms with E-state index in [0.29, 0.717) is 17.3 Å². The van der Waals surface area contributed by atoms with Gasteiger partial charge in [-0.25, -0.2) is 4.39 Å². The highest BCUT2D eigenvalue weighted by molar-refractivity contribution is 7.99. The molecule has 0 unspecified atom stereocenters. The lowest BCUT2D eigenvalue weighted by Crippen LogP contribution is -2.14. The quantitative estimate of drug-likeness (QED) is 0.640. The van der Waals surface area contributed by atoms with Gasteiger partial charge in [0.2, 0.25) is 5.91 Å². The molecule has 3 aromatic rings. The Balaban J connectivity index is 1.57. The molecule has 2 aromatic heterocycles. The fourth-order valence-electron chi connectivity index (χ4n) is 2.09. The maximum absolute atomic E-state index is 13.1. The van der Waals surface area contributed by atoms with Gasteiger partial charge in [0.15, 0.2) is 5.16 Å². The second-order valence-corrected chi connectivity index (χ2v) is 7.56. The van der Waals surface area contributed by atoms with Crippen molar-refractivity contribution in [2.24, 2.45) is 7.05 Å². The number of amides is 1. The van der Waals surface area contributed by atoms with E-state index in [0.717, 1.165) is 5.82 Å². The third kappa shape index (κ3) is 4.59. The Bertz CT molecular complexity index is 882. The molecule has 3 rings (SSSR count). The van der Waals surface area contributed by atoms with Crippen LogP contribution in [-0.2, 0) is 18.3 Å². The summed E-state index contributed by atoms with van der Waals surface area (Å²) in [5.74, 6) is 0.262. The van der Waals surface area contributed by atoms with Gasteiger partial charge >= 0.3 is 0 Å². The Morgan fingerprint density at radius 1 is 1.40 bits per heavy atom. The molecule has 0 aliphatic heterocycles. The lowest BCUT2D eigenvalue weighted by Gasteiger charge is -2.06. The van der Waals surface area contributed by atoms with E-state index >= 15 is 0 Å². The summed E-state index contributed by atoms with van der Waals surface area (Å²) < 4.78 is 15.0. The van der Waals surface area contributed by atoms with Crippen molar-refractivity contribution in [3.63, 3.8) is 0 Å². The summed E-state index contributed by atoms with van der Waals surface area (Å²) in [4.78, 5) is 13.2. The van der Waals surface area contributed by atoms with Crippen molar-refractivity contribution < 1.29 is 9.18 Å². The molecule has 1 amide bonds. The Kier molecular flexibility index (Phi) is 5.72. The van der Waals surface area contributed by atoms with Crippen LogP contribution in [0.3, 0.4) is 0 Å². The molecule has 1 aromatic carbocycles. The number of halogens is 2. The molecule has 0 saturated heterocycles. The molecule has 5 nitrogen and oxygen atoms in total. The largest absolute Gasteiger partial charge is 0.325 e. The molecule has 0 radical (unpaired) electrons. The van der Waals surface area contributed by atoms with Crippen molar-refractivity contribution in [3.8, 4) is 0 Å². The Labute approximate surface area is 157 Å². The molecule has 1 N–H and O–H groups in total. The van der Waals surface area contributed by atoms with E-state index < -0.39 is 5.82 Å². The summed E-state index contributed by atoms with van der Waals surface area (Å²) in [7, 11) is 1.88. The van der Waals surface area contributed by atoms with Crippen molar-refractivity contribution in [2.75, 3.05) is 11.1 Å². The minimum atomic E-state index is -0.522. The van der Waals surface area contributed by atoms with Gasteiger partial charge < -0.3 is 9.88 Å². The zero-order valence-electron chi connectivity index (χ0n) is 13.2. The minimum Gasteiger partial charge on any atom is -0.325 e. The molecular weight excluding hydrogens is 383 g/mol. The Hall–Kier alpha value is -1.90. The van der Waals surface area contributed by atoms with Crippen LogP contribution in [0.15, 0.2) is 40.9 Å². The zero-order valence-corrected chi connectivity index (χ0v) is 15.6. The molecule has 2 heterocycles. The molecule has 0 atom stereocenters. The van der Waals surface area contributed by atoms with Crippen LogP contribution in [0, 0.1) is 5.82 Å². The highest BCUT2D eigenvalue weighted by atomic mass is 35.5. The number of nitrogens with zero attached hydrogens (tertiary/aromatic N) is 3. The maximum Gasteiger partial charge on any atom is 0.234 e. The minimum absolute atomic E-state index is 0.0306. The number of benzene rings is 1. The molecule has 0 aliphatic carbocycles. The number of thiophene rings is 1. The smallest absolute Gasteiger partial charge is 0.234 e. The predicted molar refractivity (Wildman–Crippen MR) is 98.9 cm³/mol. The van der Waals surface area contributed by atoms with Gasteiger partial charge in [0.05, 0.1) is 10.8 Å². The number of nitrogens with one attached hydrogen (secondary N) is 1. The van der Waals surface area contributed by atoms with Crippen molar-refractivity contribution >= 4 is 46.3 Å². The molecule has 0 spiro atoms. The van der Waals surface area contributed by atoms with E-state index in [1.807, 2.05) is 29.1 Å². The molecule has 0 aliphatic rings. The normalized spacial score (nSPS) is 10.8. The number of anilines is 1. The van der Waals surface area contributed by atoms with Gasteiger partial charge in [0.1, 0.15) is 11.6 Å². The molecule has 9 heteroatoms. The summed E-state index contributed by atoms with van der Waals surface area (Å²) in [5, 5.41) is 13.6. The average Bonchev–Trinajstić information content (AvgIpc) is 3.21. The predicted octanol–water partition coefficient (Wildman–Crippen LogP) is 3.99. The highest BCUT2D eigenvalue weighted by Gasteiger charge is 2.13. The first kappa shape index (κ1) is 17.9. The van der Waals surface area contributed by atoms with Crippen molar-refractivity contribution in [2.45, 2.75) is 11.6 Å². The van der Waals surface area contributed by atoms with Crippen molar-refractivity contribution in [3.05, 3.63) is 57.3 Å². The third-order valence-electron chi connectivity index (χ3n) is 3.37. The van der Waals surface area contributed by atoms with Gasteiger partial charge in [0, 0.05) is 24.0 Å². The Morgan fingerprint density at radius 3 is 2.96 bits per heavy atom. The second-order valence-electron chi connectivity index (χ2n) is 5.18. The summed E-state index contributed by atoms with van der Waals surface area (Å²) >= 11 is 8.66. The zero-order chi connectivity index (χ0) is 17.8. The number of carbonyl (C=O) groups is 1. The standard InChI is InChI=1S/C16H14ClFN4OS2/c1-22-14(8-11-3-2-6-24-11)20-21-16(22)25-9-15(23)19-10-4-5-13(18)12(17)7-10/h2-7H,8-9H2,1H3,(H,19,23). The van der Waals surface area contributed by atoms with Gasteiger partial charge in [-0.1, -0.05) is 29.4 Å². The Morgan fingerprint density at radius 2 is 2.24 bits per heavy atom. The van der Waals surface area contributed by atoms with E-state index in [1.165, 1.54) is 34.8 Å². The third-order valence-corrected chi connectivity index (χ3v) is 5.56. The molecule has 0 saturated carbocycles. The van der Waals surface area contributed by atoms with Crippen LogP contribution < -0.4 is 5.32 Å². The van der Waals surface area contributed by atoms with Crippen molar-refractivity contribution in [1.29, 1.82) is 0 Å². The summed E-state index contributed by atoms with van der Waals surface area (Å²) in [6.45, 7) is 0. The van der Waals surface area contributed by atoms with Gasteiger partial charge in [-0.2, -0.15) is 0 Å². The first-order chi connectivity index (χ1) is 12.0. The van der Waals surface area contributed by atoms with Crippen LogP contribution >= 0.6 is 34.7 Å². The van der Waals surface area contributed by atoms with Crippen LogP contribution in [0.5, 0.6) is 0 Å². The van der Waals surface area contributed by atoms with Crippen LogP contribution in [0.2, 0.25) is 5.02 Å². The average molecular weight is 397 g/mol. The first-order valence-electron chi connectivity index (χ1n) is 7.31. The van der Waals surface area contributed by atoms with Gasteiger partial charge in [-0.15, -0.1) is 21.5 Å². The maximum atomic E-state index is 13.1. The SMILES string of the molecule is Cn1c(Cc2cccs2)nnc1SCC(=O)Nc1ccc(F)c(Cl)c1. The van der Waals surface area contributed by atoms with E-state index in [2.05, 4.69) is 15.5 Å². The first-order valence-corrected chi connectivity index (χ1v) is 9.55. The fraction of sp³-hybridized carbons (Fsp3) is 0.188. The van der Waals surface area contributed by atoms with E-state index in [-0.39, 0.29) is 16.7 Å². The number of thioether (sulfide) groups is 1. The number of aromatic nitrogens is 3. The summed E-state index contributed by atoms with van der Waals surface area (Å²) in [5.41, 5.74) is 0.452. The van der Waals surface area contributed by atoms with Crippen molar-refractivity contribution in [1.82, 2.24) is 14.8 Å². The molecule has 0 bridgehead atoms. The topological polar surface area (TPSA) is 59.8 Å². The van der Waals surface area contributed by atoms with Crippen LogP contribution in [0.1, 0.15) is 10.7 Å². The molecule has 0 fully saturated rings. The number of hydrogen-bond acceptors (Lipinski definition) is 5. The van der Waals surface area contributed by atoms with Crippen LogP contribution in [-0.4, -0.2) is 26.4 Å². The molecule has 130 valence electrons. The molecular formula is C16H14ClFN4OS2. The van der Waals surface area contributed by atoms with E-state index in [4.69, 9.17) is 11.6 Å². The van der Waals surface area contributed by atoms with Crippen LogP contribution in [0.25, 0.3) is 0 Å². The van der Waals surface area contributed by atoms with Crippen LogP contribution in [0.4, 0.5) is 10.1 Å². The van der Waals surface area contributed by atoms with Gasteiger partial charge in [0.25, 0.3) is 0 Å². The summed E-state index contributed by atoms with van der Waals surface area (Å²) in [6, 6.07) is 8.10. The van der Waals surface area contributed by atoms with E-state index in [1.54, 1.807) is 11.3 Å². The van der Waals surface area contributed by atoms with E-state index in [9.17, 15) is 9.18 Å². The number of hydrogen-bond donors (Lipinski definition) is 1. The lowest BCUT2D eigenvalue weighted by molar-refractivity contribution is -0.113. The number of rotatable bonds is 6. The highest BCUT2D eigenvalue weighted by Crippen LogP contribution is 2.21. The summed E-state index contributed by atoms with van der Waals surface area (Å²) in [6.07, 6.45) is 0.710. The lowest BCUT2D eigenvalue weighted by atomic mass is 10.3. The van der Waals surface area contributed by atoms with Gasteiger partial charge in [-0.05, 0) is 29.6 Å². The van der Waals surface area contributed by atoms with Gasteiger partial charge in [-0.3, -0.25) is 4.79 Å². The monoisotopic (exact) mass is 396 g/mol. The molecule has 25 heavy (non-hydrogen) atoms. The number of carbonyl (C=O) groups excluding carboxylic acids is 1. The fourth-order valence-corrected chi connectivity index (χ4v) is 3.71.